The summed E-state index contributed by atoms with van der Waals surface area (Å²) in [6.45, 7) is 1.41. The number of nitrogens with one attached hydrogen (secondary N) is 1. The molecule has 0 spiro atoms. The van der Waals surface area contributed by atoms with Crippen molar-refractivity contribution in [2.24, 2.45) is 0 Å². The van der Waals surface area contributed by atoms with E-state index in [2.05, 4.69) is 31.6 Å². The first-order chi connectivity index (χ1) is 8.79. The molecule has 0 aliphatic carbocycles. The van der Waals surface area contributed by atoms with Crippen LogP contribution in [-0.4, -0.2) is 35.3 Å². The summed E-state index contributed by atoms with van der Waals surface area (Å²) < 4.78 is 0. The fourth-order valence-electron chi connectivity index (χ4n) is 1.55. The van der Waals surface area contributed by atoms with Crippen LogP contribution in [0.5, 0.6) is 0 Å². The van der Waals surface area contributed by atoms with Crippen LogP contribution in [0.4, 0.5) is 11.6 Å². The summed E-state index contributed by atoms with van der Waals surface area (Å²) >= 11 is 1.73. The number of hydrogen-bond acceptors (Lipinski definition) is 6. The van der Waals surface area contributed by atoms with Crippen molar-refractivity contribution in [2.75, 3.05) is 30.4 Å². The molecule has 2 heterocycles. The lowest BCUT2D eigenvalue weighted by atomic mass is 10.4. The molecule has 2 aromatic rings. The highest BCUT2D eigenvalue weighted by atomic mass is 32.1. The molecule has 0 fully saturated rings. The molecule has 5 nitrogen and oxygen atoms in total. The summed E-state index contributed by atoms with van der Waals surface area (Å²) in [6.07, 6.45) is 1.53. The van der Waals surface area contributed by atoms with E-state index < -0.39 is 0 Å². The van der Waals surface area contributed by atoms with Crippen LogP contribution >= 0.6 is 11.3 Å². The molecule has 0 amide bonds. The molecule has 0 saturated carbocycles. The van der Waals surface area contributed by atoms with E-state index in [-0.39, 0.29) is 6.61 Å². The molecule has 18 heavy (non-hydrogen) atoms. The van der Waals surface area contributed by atoms with E-state index in [1.54, 1.807) is 11.3 Å². The quantitative estimate of drug-likeness (QED) is 0.829. The van der Waals surface area contributed by atoms with Gasteiger partial charge in [-0.25, -0.2) is 9.97 Å². The Morgan fingerprint density at radius 2 is 2.33 bits per heavy atom. The lowest BCUT2D eigenvalue weighted by Crippen LogP contribution is -2.17. The molecule has 96 valence electrons. The summed E-state index contributed by atoms with van der Waals surface area (Å²) in [5, 5.41) is 13.9. The molecule has 0 atom stereocenters. The van der Waals surface area contributed by atoms with Crippen molar-refractivity contribution < 1.29 is 5.11 Å². The molecule has 2 rings (SSSR count). The van der Waals surface area contributed by atoms with Crippen LogP contribution in [0.15, 0.2) is 29.9 Å². The van der Waals surface area contributed by atoms with Crippen LogP contribution in [0.25, 0.3) is 0 Å². The molecule has 0 bridgehead atoms. The number of hydrogen-bond donors (Lipinski definition) is 2. The zero-order chi connectivity index (χ0) is 12.8. The van der Waals surface area contributed by atoms with Crippen LogP contribution in [0.1, 0.15) is 4.88 Å². The van der Waals surface area contributed by atoms with Gasteiger partial charge in [-0.05, 0) is 11.4 Å². The average Bonchev–Trinajstić information content (AvgIpc) is 2.89. The molecule has 0 aliphatic rings. The molecule has 0 radical (unpaired) electrons. The fourth-order valence-corrected chi connectivity index (χ4v) is 2.31. The molecule has 6 heteroatoms. The van der Waals surface area contributed by atoms with Gasteiger partial charge in [0.25, 0.3) is 0 Å². The Morgan fingerprint density at radius 3 is 3.06 bits per heavy atom. The highest BCUT2D eigenvalue weighted by molar-refractivity contribution is 7.09. The van der Waals surface area contributed by atoms with E-state index in [1.807, 2.05) is 19.2 Å². The number of aromatic nitrogens is 2. The summed E-state index contributed by atoms with van der Waals surface area (Å²) in [6, 6.07) is 6.03. The Balaban J connectivity index is 2.03. The van der Waals surface area contributed by atoms with Crippen molar-refractivity contribution in [3.63, 3.8) is 0 Å². The monoisotopic (exact) mass is 264 g/mol. The maximum atomic E-state index is 8.76. The van der Waals surface area contributed by atoms with Crippen LogP contribution in [-0.2, 0) is 6.54 Å². The first-order valence-corrected chi connectivity index (χ1v) is 6.58. The average molecular weight is 264 g/mol. The number of aliphatic hydroxyl groups is 1. The Kier molecular flexibility index (Phi) is 4.49. The van der Waals surface area contributed by atoms with Crippen molar-refractivity contribution in [3.05, 3.63) is 34.8 Å². The number of aliphatic hydroxyl groups excluding tert-OH is 1. The summed E-state index contributed by atoms with van der Waals surface area (Å²) in [4.78, 5) is 11.7. The van der Waals surface area contributed by atoms with Gasteiger partial charge in [-0.2, -0.15) is 0 Å². The van der Waals surface area contributed by atoms with E-state index in [9.17, 15) is 0 Å². The molecule has 2 aromatic heterocycles. The molecule has 0 saturated heterocycles. The van der Waals surface area contributed by atoms with Crippen molar-refractivity contribution in [1.29, 1.82) is 0 Å². The van der Waals surface area contributed by atoms with Crippen molar-refractivity contribution >= 4 is 23.0 Å². The second-order valence-electron chi connectivity index (χ2n) is 3.85. The van der Waals surface area contributed by atoms with E-state index >= 15 is 0 Å². The topological polar surface area (TPSA) is 61.3 Å². The lowest BCUT2D eigenvalue weighted by molar-refractivity contribution is 0.311. The zero-order valence-electron chi connectivity index (χ0n) is 10.2. The highest BCUT2D eigenvalue weighted by Gasteiger charge is 2.05. The molecule has 2 N–H and O–H groups in total. The van der Waals surface area contributed by atoms with Crippen molar-refractivity contribution in [1.82, 2.24) is 9.97 Å². The van der Waals surface area contributed by atoms with Crippen LogP contribution in [0.3, 0.4) is 0 Å². The van der Waals surface area contributed by atoms with Gasteiger partial charge in [0.15, 0.2) is 0 Å². The minimum Gasteiger partial charge on any atom is -0.395 e. The van der Waals surface area contributed by atoms with Gasteiger partial charge in [-0.1, -0.05) is 6.07 Å². The SMILES string of the molecule is CN(Cc1cccs1)c1cc(NCCO)ncn1. The van der Waals surface area contributed by atoms with Crippen LogP contribution in [0, 0.1) is 0 Å². The maximum Gasteiger partial charge on any atom is 0.134 e. The number of rotatable bonds is 6. The smallest absolute Gasteiger partial charge is 0.134 e. The third kappa shape index (κ3) is 3.41. The van der Waals surface area contributed by atoms with Gasteiger partial charge in [-0.15, -0.1) is 11.3 Å². The molecule has 0 unspecified atom stereocenters. The maximum absolute atomic E-state index is 8.76. The zero-order valence-corrected chi connectivity index (χ0v) is 11.0. The van der Waals surface area contributed by atoms with Gasteiger partial charge < -0.3 is 15.3 Å². The summed E-state index contributed by atoms with van der Waals surface area (Å²) in [7, 11) is 2.00. The van der Waals surface area contributed by atoms with Crippen molar-refractivity contribution in [2.45, 2.75) is 6.54 Å². The van der Waals surface area contributed by atoms with Gasteiger partial charge in [0, 0.05) is 24.5 Å². The first kappa shape index (κ1) is 12.8. The van der Waals surface area contributed by atoms with Gasteiger partial charge in [0.05, 0.1) is 13.2 Å². The summed E-state index contributed by atoms with van der Waals surface area (Å²) in [5.41, 5.74) is 0. The molecular weight excluding hydrogens is 248 g/mol. The normalized spacial score (nSPS) is 10.3. The van der Waals surface area contributed by atoms with Gasteiger partial charge in [-0.3, -0.25) is 0 Å². The molecule has 0 aliphatic heterocycles. The van der Waals surface area contributed by atoms with Crippen molar-refractivity contribution in [3.8, 4) is 0 Å². The highest BCUT2D eigenvalue weighted by Crippen LogP contribution is 2.17. The van der Waals surface area contributed by atoms with E-state index in [0.717, 1.165) is 18.2 Å². The number of thiophene rings is 1. The minimum atomic E-state index is 0.0877. The van der Waals surface area contributed by atoms with Gasteiger partial charge in [0.1, 0.15) is 18.0 Å². The van der Waals surface area contributed by atoms with E-state index in [1.165, 1.54) is 11.2 Å². The van der Waals surface area contributed by atoms with E-state index in [0.29, 0.717) is 6.54 Å². The van der Waals surface area contributed by atoms with E-state index in [4.69, 9.17) is 5.11 Å². The minimum absolute atomic E-state index is 0.0877. The Labute approximate surface area is 110 Å². The first-order valence-electron chi connectivity index (χ1n) is 5.70. The largest absolute Gasteiger partial charge is 0.395 e. The van der Waals surface area contributed by atoms with Crippen LogP contribution in [0.2, 0.25) is 0 Å². The Bertz CT molecular complexity index is 475. The van der Waals surface area contributed by atoms with Gasteiger partial charge >= 0.3 is 0 Å². The molecular formula is C12H16N4OS. The second kappa shape index (κ2) is 6.32. The number of nitrogens with zero attached hydrogens (tertiary/aromatic N) is 3. The Hall–Kier alpha value is -1.66. The second-order valence-corrected chi connectivity index (χ2v) is 4.88. The summed E-state index contributed by atoms with van der Waals surface area (Å²) in [5.74, 6) is 1.59. The third-order valence-corrected chi connectivity index (χ3v) is 3.30. The number of anilines is 2. The predicted octanol–water partition coefficient (Wildman–Crippen LogP) is 1.58. The Morgan fingerprint density at radius 1 is 1.44 bits per heavy atom. The standard InChI is InChI=1S/C12H16N4OS/c1-16(8-10-3-2-6-18-10)12-7-11(13-4-5-17)14-9-15-12/h2-3,6-7,9,17H,4-5,8H2,1H3,(H,13,14,15). The lowest BCUT2D eigenvalue weighted by Gasteiger charge is -2.17. The molecule has 0 aromatic carbocycles. The predicted molar refractivity (Wildman–Crippen MR) is 74.0 cm³/mol. The third-order valence-electron chi connectivity index (χ3n) is 2.43. The van der Waals surface area contributed by atoms with Gasteiger partial charge in [0.2, 0.25) is 0 Å². The van der Waals surface area contributed by atoms with Crippen LogP contribution < -0.4 is 10.2 Å². The fraction of sp³-hybridized carbons (Fsp3) is 0.333.